The van der Waals surface area contributed by atoms with Crippen molar-refractivity contribution < 1.29 is 18.7 Å². The number of aromatic nitrogens is 3. The van der Waals surface area contributed by atoms with E-state index in [9.17, 15) is 18.7 Å². The Bertz CT molecular complexity index is 928. The quantitative estimate of drug-likeness (QED) is 0.615. The highest BCUT2D eigenvalue weighted by Gasteiger charge is 2.14. The van der Waals surface area contributed by atoms with Gasteiger partial charge in [-0.05, 0) is 6.07 Å². The maximum atomic E-state index is 13.6. The summed E-state index contributed by atoms with van der Waals surface area (Å²) in [6, 6.07) is 3.03. The fourth-order valence-corrected chi connectivity index (χ4v) is 2.41. The van der Waals surface area contributed by atoms with Gasteiger partial charge >= 0.3 is 0 Å². The van der Waals surface area contributed by atoms with Crippen molar-refractivity contribution >= 4 is 11.6 Å². The number of nitrogens with zero attached hydrogens (tertiary/aromatic N) is 3. The van der Waals surface area contributed by atoms with Crippen LogP contribution in [-0.2, 0) is 6.54 Å². The SMILES string of the molecule is NC(=O)c1cnn2cc(CNCC(O)c3ccc(F)cc3F)cnc12. The summed E-state index contributed by atoms with van der Waals surface area (Å²) in [5.41, 5.74) is 6.55. The molecule has 130 valence electrons. The van der Waals surface area contributed by atoms with E-state index in [1.807, 2.05) is 0 Å². The zero-order valence-corrected chi connectivity index (χ0v) is 13.0. The number of nitrogens with two attached hydrogens (primary N) is 1. The Morgan fingerprint density at radius 2 is 2.16 bits per heavy atom. The third-order valence-electron chi connectivity index (χ3n) is 3.66. The van der Waals surface area contributed by atoms with E-state index in [-0.39, 0.29) is 17.7 Å². The number of aliphatic hydroxyl groups is 1. The molecule has 0 spiro atoms. The first-order chi connectivity index (χ1) is 12.0. The largest absolute Gasteiger partial charge is 0.387 e. The van der Waals surface area contributed by atoms with Gasteiger partial charge in [0.25, 0.3) is 5.91 Å². The molecule has 1 unspecified atom stereocenters. The minimum atomic E-state index is -1.12. The zero-order valence-electron chi connectivity index (χ0n) is 13.0. The molecule has 2 aromatic heterocycles. The minimum Gasteiger partial charge on any atom is -0.387 e. The van der Waals surface area contributed by atoms with Crippen LogP contribution in [0.3, 0.4) is 0 Å². The number of carbonyl (C=O) groups excluding carboxylic acids is 1. The van der Waals surface area contributed by atoms with E-state index in [0.29, 0.717) is 12.2 Å². The van der Waals surface area contributed by atoms with Crippen LogP contribution in [0.5, 0.6) is 0 Å². The van der Waals surface area contributed by atoms with Gasteiger partial charge in [-0.15, -0.1) is 0 Å². The van der Waals surface area contributed by atoms with Crippen LogP contribution >= 0.6 is 0 Å². The number of aliphatic hydroxyl groups excluding tert-OH is 1. The molecule has 1 amide bonds. The average Bonchev–Trinajstić information content (AvgIpc) is 2.98. The van der Waals surface area contributed by atoms with E-state index in [1.54, 1.807) is 12.4 Å². The van der Waals surface area contributed by atoms with Gasteiger partial charge in [-0.3, -0.25) is 4.79 Å². The van der Waals surface area contributed by atoms with Gasteiger partial charge < -0.3 is 16.2 Å². The fourth-order valence-electron chi connectivity index (χ4n) is 2.41. The summed E-state index contributed by atoms with van der Waals surface area (Å²) in [7, 11) is 0. The molecule has 0 bridgehead atoms. The van der Waals surface area contributed by atoms with E-state index in [2.05, 4.69) is 15.4 Å². The van der Waals surface area contributed by atoms with E-state index in [1.165, 1.54) is 16.8 Å². The summed E-state index contributed by atoms with van der Waals surface area (Å²) in [5, 5.41) is 17.0. The van der Waals surface area contributed by atoms with Crippen LogP contribution in [-0.4, -0.2) is 32.2 Å². The Labute approximate surface area is 141 Å². The Morgan fingerprint density at radius 1 is 1.36 bits per heavy atom. The molecule has 0 saturated heterocycles. The first kappa shape index (κ1) is 16.9. The number of fused-ring (bicyclic) bond motifs is 1. The molecular weight excluding hydrogens is 332 g/mol. The van der Waals surface area contributed by atoms with Gasteiger partial charge in [0, 0.05) is 42.7 Å². The number of hydrogen-bond donors (Lipinski definition) is 3. The van der Waals surface area contributed by atoms with Crippen molar-refractivity contribution in [2.24, 2.45) is 5.73 Å². The van der Waals surface area contributed by atoms with E-state index in [4.69, 9.17) is 5.73 Å². The highest BCUT2D eigenvalue weighted by molar-refractivity contribution is 5.98. The predicted octanol–water partition coefficient (Wildman–Crippen LogP) is 0.930. The van der Waals surface area contributed by atoms with Gasteiger partial charge in [-0.1, -0.05) is 6.07 Å². The second kappa shape index (κ2) is 6.91. The van der Waals surface area contributed by atoms with Gasteiger partial charge in [0.05, 0.1) is 12.3 Å². The van der Waals surface area contributed by atoms with Gasteiger partial charge in [-0.2, -0.15) is 5.10 Å². The standard InChI is InChI=1S/C16H15F2N5O2/c17-10-1-2-11(13(18)3-10)14(24)7-20-4-9-5-21-16-12(15(19)25)6-22-23(16)8-9/h1-3,5-6,8,14,20,24H,4,7H2,(H2,19,25). The summed E-state index contributed by atoms with van der Waals surface area (Å²) in [4.78, 5) is 15.4. The lowest BCUT2D eigenvalue weighted by molar-refractivity contribution is 0.100. The Balaban J connectivity index is 1.63. The maximum absolute atomic E-state index is 13.6. The lowest BCUT2D eigenvalue weighted by atomic mass is 10.1. The first-order valence-electron chi connectivity index (χ1n) is 7.41. The molecule has 7 nitrogen and oxygen atoms in total. The smallest absolute Gasteiger partial charge is 0.254 e. The molecule has 0 fully saturated rings. The van der Waals surface area contributed by atoms with Crippen LogP contribution in [0.4, 0.5) is 8.78 Å². The third-order valence-corrected chi connectivity index (χ3v) is 3.66. The maximum Gasteiger partial charge on any atom is 0.254 e. The van der Waals surface area contributed by atoms with Crippen LogP contribution in [0.2, 0.25) is 0 Å². The van der Waals surface area contributed by atoms with Crippen LogP contribution in [0.1, 0.15) is 27.6 Å². The lowest BCUT2D eigenvalue weighted by Gasteiger charge is -2.13. The predicted molar refractivity (Wildman–Crippen MR) is 84.5 cm³/mol. The van der Waals surface area contributed by atoms with Crippen molar-refractivity contribution in [2.45, 2.75) is 12.6 Å². The van der Waals surface area contributed by atoms with Crippen molar-refractivity contribution in [1.82, 2.24) is 19.9 Å². The highest BCUT2D eigenvalue weighted by Crippen LogP contribution is 2.17. The molecule has 3 rings (SSSR count). The number of carbonyl (C=O) groups is 1. The van der Waals surface area contributed by atoms with Gasteiger partial charge in [0.1, 0.15) is 17.2 Å². The molecule has 0 radical (unpaired) electrons. The van der Waals surface area contributed by atoms with E-state index < -0.39 is 23.6 Å². The third kappa shape index (κ3) is 3.62. The molecule has 0 aliphatic carbocycles. The minimum absolute atomic E-state index is 0.0145. The van der Waals surface area contributed by atoms with Crippen molar-refractivity contribution in [3.8, 4) is 0 Å². The van der Waals surface area contributed by atoms with Crippen molar-refractivity contribution in [1.29, 1.82) is 0 Å². The molecular formula is C16H15F2N5O2. The van der Waals surface area contributed by atoms with Crippen LogP contribution < -0.4 is 11.1 Å². The molecule has 1 atom stereocenters. The average molecular weight is 347 g/mol. The Hall–Kier alpha value is -2.91. The molecule has 4 N–H and O–H groups in total. The second-order valence-electron chi connectivity index (χ2n) is 5.47. The summed E-state index contributed by atoms with van der Waals surface area (Å²) in [6.45, 7) is 0.390. The molecule has 0 aliphatic heterocycles. The zero-order chi connectivity index (χ0) is 18.0. The van der Waals surface area contributed by atoms with E-state index in [0.717, 1.165) is 17.7 Å². The second-order valence-corrected chi connectivity index (χ2v) is 5.47. The molecule has 9 heteroatoms. The van der Waals surface area contributed by atoms with Crippen molar-refractivity contribution in [3.63, 3.8) is 0 Å². The van der Waals surface area contributed by atoms with E-state index >= 15 is 0 Å². The number of primary amides is 1. The summed E-state index contributed by atoms with van der Waals surface area (Å²) >= 11 is 0. The van der Waals surface area contributed by atoms with Gasteiger partial charge in [0.15, 0.2) is 5.65 Å². The first-order valence-corrected chi connectivity index (χ1v) is 7.41. The number of nitrogens with one attached hydrogen (secondary N) is 1. The monoisotopic (exact) mass is 347 g/mol. The van der Waals surface area contributed by atoms with Crippen molar-refractivity contribution in [3.05, 3.63) is 65.1 Å². The fraction of sp³-hybridized carbons (Fsp3) is 0.188. The molecule has 25 heavy (non-hydrogen) atoms. The van der Waals surface area contributed by atoms with Crippen LogP contribution in [0.15, 0.2) is 36.8 Å². The molecule has 0 aliphatic rings. The number of amides is 1. The summed E-state index contributed by atoms with van der Waals surface area (Å²) < 4.78 is 27.9. The Morgan fingerprint density at radius 3 is 2.88 bits per heavy atom. The number of hydrogen-bond acceptors (Lipinski definition) is 5. The molecule has 1 aromatic carbocycles. The normalized spacial score (nSPS) is 12.4. The van der Waals surface area contributed by atoms with Crippen LogP contribution in [0.25, 0.3) is 5.65 Å². The number of benzene rings is 1. The van der Waals surface area contributed by atoms with Crippen molar-refractivity contribution in [2.75, 3.05) is 6.54 Å². The number of rotatable bonds is 6. The summed E-state index contributed by atoms with van der Waals surface area (Å²) in [5.74, 6) is -2.11. The molecule has 0 saturated carbocycles. The van der Waals surface area contributed by atoms with Crippen LogP contribution in [0, 0.1) is 11.6 Å². The Kier molecular flexibility index (Phi) is 4.68. The lowest BCUT2D eigenvalue weighted by Crippen LogP contribution is -2.22. The molecule has 2 heterocycles. The highest BCUT2D eigenvalue weighted by atomic mass is 19.1. The number of halogens is 2. The van der Waals surface area contributed by atoms with Gasteiger partial charge in [0.2, 0.25) is 0 Å². The van der Waals surface area contributed by atoms with Gasteiger partial charge in [-0.25, -0.2) is 18.3 Å². The topological polar surface area (TPSA) is 106 Å². The summed E-state index contributed by atoms with van der Waals surface area (Å²) in [6.07, 6.45) is 3.42. The molecule has 3 aromatic rings.